The predicted octanol–water partition coefficient (Wildman–Crippen LogP) is 3.30. The van der Waals surface area contributed by atoms with Crippen molar-refractivity contribution in [2.24, 2.45) is 0 Å². The number of hydrogen-bond donors (Lipinski definition) is 1. The highest BCUT2D eigenvalue weighted by Gasteiger charge is 2.33. The largest absolute Gasteiger partial charge is 0.395 e. The van der Waals surface area contributed by atoms with Crippen molar-refractivity contribution in [3.05, 3.63) is 39.9 Å². The Hall–Kier alpha value is -1.60. The highest BCUT2D eigenvalue weighted by molar-refractivity contribution is 6.42. The smallest absolute Gasteiger partial charge is 0.247 e. The first kappa shape index (κ1) is 24.1. The van der Waals surface area contributed by atoms with Crippen LogP contribution in [0, 0.1) is 0 Å². The van der Waals surface area contributed by atoms with Crippen molar-refractivity contribution in [3.63, 3.8) is 0 Å². The van der Waals surface area contributed by atoms with Crippen molar-refractivity contribution in [2.45, 2.75) is 44.7 Å². The number of carbonyl (C=O) groups excluding carboxylic acids is 2. The fraction of sp³-hybridized carbons (Fsp3) is 0.565. The molecule has 170 valence electrons. The third-order valence-corrected chi connectivity index (χ3v) is 6.96. The van der Waals surface area contributed by atoms with Gasteiger partial charge in [-0.25, -0.2) is 0 Å². The van der Waals surface area contributed by atoms with Crippen LogP contribution in [-0.2, 0) is 9.59 Å². The second-order valence-electron chi connectivity index (χ2n) is 8.26. The zero-order valence-electron chi connectivity index (χ0n) is 18.0. The van der Waals surface area contributed by atoms with Gasteiger partial charge in [0.2, 0.25) is 11.8 Å². The van der Waals surface area contributed by atoms with Crippen LogP contribution in [0.1, 0.15) is 38.2 Å². The summed E-state index contributed by atoms with van der Waals surface area (Å²) in [7, 11) is 0. The fourth-order valence-corrected chi connectivity index (χ4v) is 4.65. The predicted molar refractivity (Wildman–Crippen MR) is 124 cm³/mol. The van der Waals surface area contributed by atoms with Gasteiger partial charge in [0.25, 0.3) is 0 Å². The molecule has 2 atom stereocenters. The Morgan fingerprint density at radius 1 is 1.16 bits per heavy atom. The topological polar surface area (TPSA) is 64.1 Å². The lowest BCUT2D eigenvalue weighted by molar-refractivity contribution is -0.148. The van der Waals surface area contributed by atoms with Gasteiger partial charge in [-0.1, -0.05) is 29.3 Å². The highest BCUT2D eigenvalue weighted by Crippen LogP contribution is 2.23. The van der Waals surface area contributed by atoms with Crippen molar-refractivity contribution in [1.29, 1.82) is 0 Å². The number of unbranched alkanes of at least 4 members (excludes halogenated alkanes) is 1. The number of benzene rings is 1. The van der Waals surface area contributed by atoms with Gasteiger partial charge in [-0.2, -0.15) is 0 Å². The highest BCUT2D eigenvalue weighted by atomic mass is 35.5. The zero-order valence-corrected chi connectivity index (χ0v) is 19.5. The van der Waals surface area contributed by atoms with Gasteiger partial charge >= 0.3 is 0 Å². The van der Waals surface area contributed by atoms with Crippen LogP contribution in [0.5, 0.6) is 0 Å². The molecule has 0 spiro atoms. The summed E-state index contributed by atoms with van der Waals surface area (Å²) in [6, 6.07) is 5.00. The molecule has 0 radical (unpaired) electrons. The molecule has 1 aromatic rings. The molecule has 2 aliphatic heterocycles. The molecule has 0 saturated carbocycles. The first-order valence-corrected chi connectivity index (χ1v) is 11.7. The Morgan fingerprint density at radius 2 is 1.94 bits per heavy atom. The van der Waals surface area contributed by atoms with Crippen molar-refractivity contribution in [2.75, 3.05) is 39.3 Å². The van der Waals surface area contributed by atoms with Crippen LogP contribution in [-0.4, -0.2) is 83.0 Å². The molecule has 0 aromatic heterocycles. The van der Waals surface area contributed by atoms with Crippen molar-refractivity contribution in [3.8, 4) is 0 Å². The molecule has 0 bridgehead atoms. The third-order valence-electron chi connectivity index (χ3n) is 6.23. The minimum absolute atomic E-state index is 0.00283. The minimum Gasteiger partial charge on any atom is -0.395 e. The molecular weight excluding hydrogens is 437 g/mol. The van der Waals surface area contributed by atoms with Gasteiger partial charge in [0.1, 0.15) is 6.04 Å². The lowest BCUT2D eigenvalue weighted by Crippen LogP contribution is -2.57. The number of halogens is 2. The van der Waals surface area contributed by atoms with E-state index in [1.165, 1.54) is 6.08 Å². The number of aliphatic hydroxyl groups excluding tert-OH is 1. The normalized spacial score (nSPS) is 22.6. The molecule has 0 aliphatic carbocycles. The van der Waals surface area contributed by atoms with Crippen LogP contribution < -0.4 is 0 Å². The van der Waals surface area contributed by atoms with Crippen LogP contribution in [0.3, 0.4) is 0 Å². The van der Waals surface area contributed by atoms with Gasteiger partial charge < -0.3 is 14.9 Å². The Balaban J connectivity index is 1.45. The number of nitrogens with zero attached hydrogens (tertiary/aromatic N) is 3. The van der Waals surface area contributed by atoms with E-state index in [-0.39, 0.29) is 18.4 Å². The maximum atomic E-state index is 12.8. The van der Waals surface area contributed by atoms with Gasteiger partial charge in [0, 0.05) is 31.8 Å². The Morgan fingerprint density at radius 3 is 2.68 bits per heavy atom. The van der Waals surface area contributed by atoms with Crippen LogP contribution in [0.25, 0.3) is 6.08 Å². The minimum atomic E-state index is -0.475. The maximum Gasteiger partial charge on any atom is 0.247 e. The molecule has 1 aromatic carbocycles. The lowest BCUT2D eigenvalue weighted by Gasteiger charge is -2.38. The van der Waals surface area contributed by atoms with Gasteiger partial charge in [-0.05, 0) is 69.5 Å². The van der Waals surface area contributed by atoms with E-state index in [4.69, 9.17) is 23.2 Å². The van der Waals surface area contributed by atoms with E-state index < -0.39 is 6.04 Å². The lowest BCUT2D eigenvalue weighted by atomic mass is 10.1. The summed E-state index contributed by atoms with van der Waals surface area (Å²) < 4.78 is 0. The Bertz CT molecular complexity index is 817. The Kier molecular flexibility index (Phi) is 8.78. The molecule has 2 heterocycles. The summed E-state index contributed by atoms with van der Waals surface area (Å²) in [6.07, 6.45) is 7.32. The second-order valence-corrected chi connectivity index (χ2v) is 9.08. The van der Waals surface area contributed by atoms with Gasteiger partial charge in [0.05, 0.1) is 16.7 Å². The summed E-state index contributed by atoms with van der Waals surface area (Å²) in [5, 5.41) is 10.3. The van der Waals surface area contributed by atoms with E-state index in [2.05, 4.69) is 4.90 Å². The third kappa shape index (κ3) is 6.22. The van der Waals surface area contributed by atoms with E-state index in [1.807, 2.05) is 4.90 Å². The van der Waals surface area contributed by atoms with Crippen LogP contribution >= 0.6 is 23.2 Å². The standard InChI is InChI=1S/C23H31Cl2N3O3/c1-17-23(31)27(11-3-2-10-26-12-4-5-19(26)16-29)13-14-28(17)22(30)9-7-18-6-8-20(24)21(25)15-18/h6-9,15,17,19,29H,2-5,10-14,16H2,1H3/t17?,19-/m0/s1. The first-order chi connectivity index (χ1) is 14.9. The summed E-state index contributed by atoms with van der Waals surface area (Å²) in [5.74, 6) is -0.187. The Labute approximate surface area is 194 Å². The molecule has 31 heavy (non-hydrogen) atoms. The van der Waals surface area contributed by atoms with Crippen LogP contribution in [0.2, 0.25) is 10.0 Å². The quantitative estimate of drug-likeness (QED) is 0.470. The molecule has 6 nitrogen and oxygen atoms in total. The van der Waals surface area contributed by atoms with Gasteiger partial charge in [-0.15, -0.1) is 0 Å². The summed E-state index contributed by atoms with van der Waals surface area (Å²) in [4.78, 5) is 31.2. The zero-order chi connectivity index (χ0) is 22.4. The SMILES string of the molecule is CC1C(=O)N(CCCCN2CCC[C@H]2CO)CCN1C(=O)C=Cc1ccc(Cl)c(Cl)c1. The van der Waals surface area contributed by atoms with E-state index in [0.717, 1.165) is 44.3 Å². The molecule has 2 fully saturated rings. The monoisotopic (exact) mass is 467 g/mol. The number of amides is 2. The average molecular weight is 468 g/mol. The van der Waals surface area contributed by atoms with E-state index in [0.29, 0.717) is 35.7 Å². The molecule has 2 saturated heterocycles. The number of hydrogen-bond acceptors (Lipinski definition) is 4. The molecule has 1 unspecified atom stereocenters. The number of rotatable bonds is 8. The molecule has 2 aliphatic rings. The molecule has 1 N–H and O–H groups in total. The van der Waals surface area contributed by atoms with Crippen LogP contribution in [0.4, 0.5) is 0 Å². The fourth-order valence-electron chi connectivity index (χ4n) is 4.35. The van der Waals surface area contributed by atoms with Crippen molar-refractivity contribution in [1.82, 2.24) is 14.7 Å². The number of aliphatic hydroxyl groups is 1. The molecule has 3 rings (SSSR count). The van der Waals surface area contributed by atoms with Crippen molar-refractivity contribution >= 4 is 41.1 Å². The molecule has 2 amide bonds. The van der Waals surface area contributed by atoms with Gasteiger partial charge in [-0.3, -0.25) is 14.5 Å². The van der Waals surface area contributed by atoms with E-state index >= 15 is 0 Å². The van der Waals surface area contributed by atoms with Crippen molar-refractivity contribution < 1.29 is 14.7 Å². The average Bonchev–Trinajstić information content (AvgIpc) is 3.22. The number of piperazine rings is 1. The molecule has 8 heteroatoms. The van der Waals surface area contributed by atoms with E-state index in [1.54, 1.807) is 36.1 Å². The first-order valence-electron chi connectivity index (χ1n) is 11.0. The summed E-state index contributed by atoms with van der Waals surface area (Å²) in [6.45, 7) is 5.82. The van der Waals surface area contributed by atoms with Gasteiger partial charge in [0.15, 0.2) is 0 Å². The number of likely N-dealkylation sites (tertiary alicyclic amines) is 1. The van der Waals surface area contributed by atoms with Crippen LogP contribution in [0.15, 0.2) is 24.3 Å². The van der Waals surface area contributed by atoms with E-state index in [9.17, 15) is 14.7 Å². The summed E-state index contributed by atoms with van der Waals surface area (Å²) in [5.41, 5.74) is 0.779. The summed E-state index contributed by atoms with van der Waals surface area (Å²) >= 11 is 11.9. The maximum absolute atomic E-state index is 12.8. The molecular formula is C23H31Cl2N3O3. The second kappa shape index (κ2) is 11.3. The number of carbonyl (C=O) groups is 2.